The summed E-state index contributed by atoms with van der Waals surface area (Å²) in [5, 5.41) is 0. The third kappa shape index (κ3) is 2.93. The molecule has 3 aromatic rings. The van der Waals surface area contributed by atoms with Gasteiger partial charge in [-0.1, -0.05) is 6.92 Å². The number of nitrogen functional groups attached to an aromatic ring is 1. The van der Waals surface area contributed by atoms with Gasteiger partial charge in [-0.25, -0.2) is 9.97 Å². The normalized spacial score (nSPS) is 12.0. The van der Waals surface area contributed by atoms with E-state index in [1.54, 1.807) is 29.4 Å². The van der Waals surface area contributed by atoms with Crippen molar-refractivity contribution in [3.05, 3.63) is 35.9 Å². The summed E-state index contributed by atoms with van der Waals surface area (Å²) in [5.41, 5.74) is 6.52. The van der Waals surface area contributed by atoms with Gasteiger partial charge in [-0.3, -0.25) is 0 Å². The first-order chi connectivity index (χ1) is 11.3. The molecule has 0 spiro atoms. The molecular formula is C16H15F3N4S. The van der Waals surface area contributed by atoms with Gasteiger partial charge >= 0.3 is 6.18 Å². The second-order valence-electron chi connectivity index (χ2n) is 5.21. The minimum atomic E-state index is -4.40. The third-order valence-corrected chi connectivity index (χ3v) is 4.53. The average molecular weight is 352 g/mol. The van der Waals surface area contributed by atoms with E-state index in [9.17, 15) is 13.2 Å². The molecule has 0 radical (unpaired) electrons. The van der Waals surface area contributed by atoms with E-state index in [1.165, 1.54) is 6.07 Å². The molecule has 3 rings (SSSR count). The minimum Gasteiger partial charge on any atom is -0.384 e. The molecule has 126 valence electrons. The maximum atomic E-state index is 12.9. The highest BCUT2D eigenvalue weighted by Crippen LogP contribution is 2.34. The highest BCUT2D eigenvalue weighted by atomic mass is 32.2. The van der Waals surface area contributed by atoms with Crippen molar-refractivity contribution in [1.82, 2.24) is 14.5 Å². The van der Waals surface area contributed by atoms with E-state index in [2.05, 4.69) is 9.97 Å². The van der Waals surface area contributed by atoms with E-state index in [4.69, 9.17) is 5.73 Å². The van der Waals surface area contributed by atoms with Crippen molar-refractivity contribution in [1.29, 1.82) is 0 Å². The number of nitrogens with zero attached hydrogens (tertiary/aromatic N) is 3. The monoisotopic (exact) mass is 352 g/mol. The number of nitrogens with two attached hydrogens (primary N) is 1. The average Bonchev–Trinajstić information content (AvgIpc) is 2.85. The van der Waals surface area contributed by atoms with Gasteiger partial charge in [0.2, 0.25) is 0 Å². The first-order valence-corrected chi connectivity index (χ1v) is 8.23. The second kappa shape index (κ2) is 6.01. The Balaban J connectivity index is 2.21. The molecule has 0 saturated carbocycles. The van der Waals surface area contributed by atoms with E-state index < -0.39 is 11.7 Å². The number of hydrogen-bond acceptors (Lipinski definition) is 4. The number of thioether (sulfide) groups is 1. The van der Waals surface area contributed by atoms with Gasteiger partial charge in [0.25, 0.3) is 0 Å². The van der Waals surface area contributed by atoms with Crippen molar-refractivity contribution in [2.75, 3.05) is 11.5 Å². The van der Waals surface area contributed by atoms with Crippen molar-refractivity contribution in [3.8, 4) is 11.5 Å². The summed E-state index contributed by atoms with van der Waals surface area (Å²) in [7, 11) is 1.75. The van der Waals surface area contributed by atoms with Gasteiger partial charge in [-0.2, -0.15) is 13.2 Å². The first-order valence-electron chi connectivity index (χ1n) is 7.24. The van der Waals surface area contributed by atoms with E-state index in [0.717, 1.165) is 22.8 Å². The number of halogens is 3. The maximum Gasteiger partial charge on any atom is 0.416 e. The molecule has 24 heavy (non-hydrogen) atoms. The number of pyridine rings is 1. The van der Waals surface area contributed by atoms with Crippen LogP contribution in [-0.4, -0.2) is 20.3 Å². The Morgan fingerprint density at radius 3 is 2.58 bits per heavy atom. The molecule has 4 nitrogen and oxygen atoms in total. The number of benzene rings is 1. The van der Waals surface area contributed by atoms with Crippen LogP contribution in [0.5, 0.6) is 0 Å². The molecular weight excluding hydrogens is 337 g/mol. The lowest BCUT2D eigenvalue weighted by Crippen LogP contribution is -2.04. The molecule has 0 aliphatic rings. The van der Waals surface area contributed by atoms with Crippen molar-refractivity contribution >= 4 is 28.6 Å². The van der Waals surface area contributed by atoms with Gasteiger partial charge in [0.1, 0.15) is 11.5 Å². The van der Waals surface area contributed by atoms with E-state index >= 15 is 0 Å². The fourth-order valence-corrected chi connectivity index (χ4v) is 3.23. The summed E-state index contributed by atoms with van der Waals surface area (Å²) in [5.74, 6) is 1.67. The fourth-order valence-electron chi connectivity index (χ4n) is 2.48. The number of imidazole rings is 1. The van der Waals surface area contributed by atoms with Crippen molar-refractivity contribution in [3.63, 3.8) is 0 Å². The number of aromatic nitrogens is 3. The molecule has 0 aliphatic heterocycles. The smallest absolute Gasteiger partial charge is 0.384 e. The quantitative estimate of drug-likeness (QED) is 0.712. The third-order valence-electron chi connectivity index (χ3n) is 3.60. The van der Waals surface area contributed by atoms with Crippen LogP contribution in [0.2, 0.25) is 0 Å². The number of rotatable bonds is 3. The lowest BCUT2D eigenvalue weighted by molar-refractivity contribution is -0.137. The molecule has 0 unspecified atom stereocenters. The number of anilines is 1. The Labute approximate surface area is 140 Å². The Morgan fingerprint density at radius 1 is 1.17 bits per heavy atom. The minimum absolute atomic E-state index is 0.277. The number of fused-ring (bicyclic) bond motifs is 1. The summed E-state index contributed by atoms with van der Waals surface area (Å²) in [6.45, 7) is 2.01. The van der Waals surface area contributed by atoms with Gasteiger partial charge in [-0.15, -0.1) is 11.8 Å². The molecule has 0 amide bonds. The lowest BCUT2D eigenvalue weighted by Gasteiger charge is -2.08. The molecule has 2 heterocycles. The number of alkyl halides is 3. The maximum absolute atomic E-state index is 12.9. The molecule has 2 N–H and O–H groups in total. The van der Waals surface area contributed by atoms with Gasteiger partial charge in [-0.05, 0) is 36.1 Å². The van der Waals surface area contributed by atoms with E-state index in [0.29, 0.717) is 22.9 Å². The van der Waals surface area contributed by atoms with Crippen LogP contribution >= 0.6 is 11.8 Å². The molecule has 0 atom stereocenters. The summed E-state index contributed by atoms with van der Waals surface area (Å²) >= 11 is 1.58. The zero-order valence-corrected chi connectivity index (χ0v) is 13.9. The van der Waals surface area contributed by atoms with Crippen LogP contribution in [0, 0.1) is 0 Å². The zero-order valence-electron chi connectivity index (χ0n) is 13.1. The summed E-state index contributed by atoms with van der Waals surface area (Å²) in [6, 6.07) is 7.09. The molecule has 8 heteroatoms. The largest absolute Gasteiger partial charge is 0.416 e. The number of aryl methyl sites for hydroxylation is 1. The molecule has 0 saturated heterocycles. The number of hydrogen-bond donors (Lipinski definition) is 1. The topological polar surface area (TPSA) is 56.7 Å². The first kappa shape index (κ1) is 16.6. The van der Waals surface area contributed by atoms with Gasteiger partial charge in [0.15, 0.2) is 5.82 Å². The molecule has 0 aliphatic carbocycles. The highest BCUT2D eigenvalue weighted by molar-refractivity contribution is 7.99. The van der Waals surface area contributed by atoms with Crippen molar-refractivity contribution in [2.24, 2.45) is 7.05 Å². The standard InChI is InChI=1S/C16H15F3N4S/c1-3-24-12-6-7-13(20)22-14(12)15-21-10-8-9(16(17,18)19)4-5-11(10)23(15)2/h4-8H,3H2,1-2H3,(H2,20,22). The second-order valence-corrected chi connectivity index (χ2v) is 6.52. The van der Waals surface area contributed by atoms with Crippen LogP contribution in [0.1, 0.15) is 12.5 Å². The molecule has 1 aromatic carbocycles. The van der Waals surface area contributed by atoms with Crippen LogP contribution in [-0.2, 0) is 13.2 Å². The van der Waals surface area contributed by atoms with Crippen molar-refractivity contribution < 1.29 is 13.2 Å². The molecule has 0 bridgehead atoms. The predicted molar refractivity (Wildman–Crippen MR) is 89.8 cm³/mol. The Hall–Kier alpha value is -2.22. The van der Waals surface area contributed by atoms with E-state index in [-0.39, 0.29) is 5.52 Å². The highest BCUT2D eigenvalue weighted by Gasteiger charge is 2.31. The predicted octanol–water partition coefficient (Wildman–Crippen LogP) is 4.35. The molecule has 0 fully saturated rings. The fraction of sp³-hybridized carbons (Fsp3) is 0.250. The Kier molecular flexibility index (Phi) is 4.16. The van der Waals surface area contributed by atoms with Crippen LogP contribution in [0.3, 0.4) is 0 Å². The van der Waals surface area contributed by atoms with Crippen LogP contribution < -0.4 is 5.73 Å². The Morgan fingerprint density at radius 2 is 1.92 bits per heavy atom. The van der Waals surface area contributed by atoms with E-state index in [1.807, 2.05) is 13.0 Å². The summed E-state index contributed by atoms with van der Waals surface area (Å²) < 4.78 is 40.4. The van der Waals surface area contributed by atoms with Gasteiger partial charge in [0.05, 0.1) is 16.6 Å². The summed E-state index contributed by atoms with van der Waals surface area (Å²) in [6.07, 6.45) is -4.40. The summed E-state index contributed by atoms with van der Waals surface area (Å²) in [4.78, 5) is 9.60. The Bertz CT molecular complexity index is 902. The molecule has 2 aromatic heterocycles. The van der Waals surface area contributed by atoms with Gasteiger partial charge < -0.3 is 10.3 Å². The van der Waals surface area contributed by atoms with Gasteiger partial charge in [0, 0.05) is 11.9 Å². The zero-order chi connectivity index (χ0) is 17.5. The van der Waals surface area contributed by atoms with Crippen LogP contribution in [0.25, 0.3) is 22.6 Å². The van der Waals surface area contributed by atoms with Crippen LogP contribution in [0.15, 0.2) is 35.2 Å². The van der Waals surface area contributed by atoms with Crippen LogP contribution in [0.4, 0.5) is 19.0 Å². The lowest BCUT2D eigenvalue weighted by atomic mass is 10.2. The SMILES string of the molecule is CCSc1ccc(N)nc1-c1nc2cc(C(F)(F)F)ccc2n1C. The van der Waals surface area contributed by atoms with Crippen molar-refractivity contribution in [2.45, 2.75) is 18.0 Å².